The molecule has 0 aliphatic heterocycles. The third-order valence-electron chi connectivity index (χ3n) is 2.16. The number of carbonyl (C=O) groups is 1. The minimum Gasteiger partial charge on any atom is -0.550 e. The van der Waals surface area contributed by atoms with Crippen LogP contribution in [0.5, 0.6) is 0 Å². The van der Waals surface area contributed by atoms with Gasteiger partial charge in [-0.3, -0.25) is 0 Å². The molecule has 0 saturated carbocycles. The lowest BCUT2D eigenvalue weighted by Gasteiger charge is -2.22. The summed E-state index contributed by atoms with van der Waals surface area (Å²) in [5.74, 6) is -0.405. The van der Waals surface area contributed by atoms with Gasteiger partial charge in [-0.15, -0.1) is 0 Å². The van der Waals surface area contributed by atoms with Gasteiger partial charge in [0, 0.05) is 11.9 Å². The van der Waals surface area contributed by atoms with E-state index in [0.29, 0.717) is 5.92 Å². The van der Waals surface area contributed by atoms with E-state index in [4.69, 9.17) is 0 Å². The van der Waals surface area contributed by atoms with Crippen LogP contribution in [-0.2, 0) is 4.79 Å². The second-order valence-corrected chi connectivity index (χ2v) is 4.14. The van der Waals surface area contributed by atoms with Crippen molar-refractivity contribution in [2.45, 2.75) is 40.5 Å². The molecule has 0 heterocycles. The average Bonchev–Trinajstić information content (AvgIpc) is 1.84. The fraction of sp³-hybridized carbons (Fsp3) is 0.900. The average molecular weight is 171 g/mol. The first-order valence-corrected chi connectivity index (χ1v) is 4.66. The standard InChI is InChI=1S/C10H20O2/c1-7(2)5-6-9(8(3)4)10(11)12/h7-9H,5-6H2,1-4H3,(H,11,12)/p-1. The zero-order valence-corrected chi connectivity index (χ0v) is 8.46. The summed E-state index contributed by atoms with van der Waals surface area (Å²) in [5, 5.41) is 10.6. The first-order valence-electron chi connectivity index (χ1n) is 4.66. The molecule has 0 aromatic carbocycles. The van der Waals surface area contributed by atoms with Crippen LogP contribution in [0, 0.1) is 17.8 Å². The Morgan fingerprint density at radius 2 is 1.67 bits per heavy atom. The van der Waals surface area contributed by atoms with E-state index >= 15 is 0 Å². The Morgan fingerprint density at radius 3 is 1.92 bits per heavy atom. The molecule has 2 heteroatoms. The van der Waals surface area contributed by atoms with Crippen LogP contribution < -0.4 is 5.11 Å². The quantitative estimate of drug-likeness (QED) is 0.628. The predicted octanol–water partition coefficient (Wildman–Crippen LogP) is 1.44. The third kappa shape index (κ3) is 4.37. The van der Waals surface area contributed by atoms with E-state index in [9.17, 15) is 9.90 Å². The topological polar surface area (TPSA) is 40.1 Å². The molecule has 1 atom stereocenters. The van der Waals surface area contributed by atoms with E-state index in [1.807, 2.05) is 13.8 Å². The summed E-state index contributed by atoms with van der Waals surface area (Å²) in [5.41, 5.74) is 0. The van der Waals surface area contributed by atoms with Gasteiger partial charge in [0.2, 0.25) is 0 Å². The van der Waals surface area contributed by atoms with Crippen LogP contribution in [0.4, 0.5) is 0 Å². The van der Waals surface area contributed by atoms with Gasteiger partial charge in [-0.25, -0.2) is 0 Å². The van der Waals surface area contributed by atoms with E-state index in [0.717, 1.165) is 12.8 Å². The smallest absolute Gasteiger partial charge is 0.0447 e. The third-order valence-corrected chi connectivity index (χ3v) is 2.16. The van der Waals surface area contributed by atoms with Gasteiger partial charge in [-0.05, 0) is 18.3 Å². The SMILES string of the molecule is CC(C)CCC(C(=O)[O-])C(C)C. The van der Waals surface area contributed by atoms with Crippen molar-refractivity contribution in [1.29, 1.82) is 0 Å². The molecule has 0 rings (SSSR count). The van der Waals surface area contributed by atoms with Crippen LogP contribution >= 0.6 is 0 Å². The summed E-state index contributed by atoms with van der Waals surface area (Å²) in [7, 11) is 0. The Balaban J connectivity index is 3.88. The summed E-state index contributed by atoms with van der Waals surface area (Å²) in [6.45, 7) is 8.07. The maximum absolute atomic E-state index is 10.6. The van der Waals surface area contributed by atoms with Gasteiger partial charge in [-0.2, -0.15) is 0 Å². The molecule has 12 heavy (non-hydrogen) atoms. The number of carboxylic acids is 1. The monoisotopic (exact) mass is 171 g/mol. The highest BCUT2D eigenvalue weighted by molar-refractivity contribution is 5.67. The summed E-state index contributed by atoms with van der Waals surface area (Å²) < 4.78 is 0. The Hall–Kier alpha value is -0.530. The molecule has 0 spiro atoms. The molecular weight excluding hydrogens is 152 g/mol. The van der Waals surface area contributed by atoms with Crippen molar-refractivity contribution < 1.29 is 9.90 Å². The highest BCUT2D eigenvalue weighted by atomic mass is 16.4. The maximum atomic E-state index is 10.6. The zero-order chi connectivity index (χ0) is 9.72. The van der Waals surface area contributed by atoms with Crippen LogP contribution in [0.2, 0.25) is 0 Å². The molecule has 0 amide bonds. The van der Waals surface area contributed by atoms with E-state index in [2.05, 4.69) is 13.8 Å². The molecule has 0 bridgehead atoms. The molecular formula is C10H19O2-. The van der Waals surface area contributed by atoms with Crippen LogP contribution in [0.3, 0.4) is 0 Å². The highest BCUT2D eigenvalue weighted by Gasteiger charge is 2.14. The number of carbonyl (C=O) groups excluding carboxylic acids is 1. The van der Waals surface area contributed by atoms with E-state index in [1.54, 1.807) is 0 Å². The number of carboxylic acid groups (broad SMARTS) is 1. The van der Waals surface area contributed by atoms with Gasteiger partial charge >= 0.3 is 0 Å². The van der Waals surface area contributed by atoms with Crippen molar-refractivity contribution >= 4 is 5.97 Å². The van der Waals surface area contributed by atoms with Gasteiger partial charge in [-0.1, -0.05) is 34.1 Å². The van der Waals surface area contributed by atoms with Crippen molar-refractivity contribution in [3.63, 3.8) is 0 Å². The summed E-state index contributed by atoms with van der Waals surface area (Å²) >= 11 is 0. The van der Waals surface area contributed by atoms with Gasteiger partial charge in [0.25, 0.3) is 0 Å². The van der Waals surface area contributed by atoms with Gasteiger partial charge in [0.1, 0.15) is 0 Å². The second kappa shape index (κ2) is 5.18. The minimum absolute atomic E-state index is 0.189. The molecule has 0 fully saturated rings. The molecule has 0 N–H and O–H groups in total. The Bertz CT molecular complexity index is 139. The molecule has 72 valence electrons. The van der Waals surface area contributed by atoms with Crippen molar-refractivity contribution in [1.82, 2.24) is 0 Å². The van der Waals surface area contributed by atoms with Gasteiger partial charge in [0.05, 0.1) is 0 Å². The van der Waals surface area contributed by atoms with Crippen LogP contribution in [0.1, 0.15) is 40.5 Å². The molecule has 0 radical (unpaired) electrons. The summed E-state index contributed by atoms with van der Waals surface area (Å²) in [6.07, 6.45) is 1.72. The Kier molecular flexibility index (Phi) is 4.95. The molecule has 0 aliphatic carbocycles. The van der Waals surface area contributed by atoms with E-state index in [-0.39, 0.29) is 11.8 Å². The number of hydrogen-bond donors (Lipinski definition) is 0. The fourth-order valence-corrected chi connectivity index (χ4v) is 1.24. The lowest BCUT2D eigenvalue weighted by Crippen LogP contribution is -2.34. The molecule has 0 aromatic heterocycles. The first kappa shape index (κ1) is 11.5. The van der Waals surface area contributed by atoms with Crippen molar-refractivity contribution in [2.75, 3.05) is 0 Å². The Labute approximate surface area is 75.0 Å². The first-order chi connectivity index (χ1) is 5.45. The van der Waals surface area contributed by atoms with Crippen LogP contribution in [-0.4, -0.2) is 5.97 Å². The molecule has 0 aliphatic rings. The molecule has 0 saturated heterocycles. The van der Waals surface area contributed by atoms with Crippen molar-refractivity contribution in [3.8, 4) is 0 Å². The number of rotatable bonds is 5. The largest absolute Gasteiger partial charge is 0.550 e. The Morgan fingerprint density at radius 1 is 1.17 bits per heavy atom. The number of aliphatic carboxylic acids is 1. The van der Waals surface area contributed by atoms with E-state index < -0.39 is 5.97 Å². The molecule has 2 nitrogen and oxygen atoms in total. The lowest BCUT2D eigenvalue weighted by atomic mass is 9.89. The fourth-order valence-electron chi connectivity index (χ4n) is 1.24. The minimum atomic E-state index is -0.898. The van der Waals surface area contributed by atoms with Crippen LogP contribution in [0.15, 0.2) is 0 Å². The normalized spacial score (nSPS) is 13.8. The van der Waals surface area contributed by atoms with Gasteiger partial charge < -0.3 is 9.90 Å². The summed E-state index contributed by atoms with van der Waals surface area (Å²) in [4.78, 5) is 10.6. The zero-order valence-electron chi connectivity index (χ0n) is 8.46. The second-order valence-electron chi connectivity index (χ2n) is 4.14. The highest BCUT2D eigenvalue weighted by Crippen LogP contribution is 2.19. The molecule has 1 unspecified atom stereocenters. The van der Waals surface area contributed by atoms with Gasteiger partial charge in [0.15, 0.2) is 0 Å². The van der Waals surface area contributed by atoms with Crippen molar-refractivity contribution in [3.05, 3.63) is 0 Å². The maximum Gasteiger partial charge on any atom is 0.0447 e. The summed E-state index contributed by atoms with van der Waals surface area (Å²) in [6, 6.07) is 0. The predicted molar refractivity (Wildman–Crippen MR) is 47.4 cm³/mol. The molecule has 0 aromatic rings. The van der Waals surface area contributed by atoms with E-state index in [1.165, 1.54) is 0 Å². The van der Waals surface area contributed by atoms with Crippen LogP contribution in [0.25, 0.3) is 0 Å². The van der Waals surface area contributed by atoms with Crippen molar-refractivity contribution in [2.24, 2.45) is 17.8 Å². The lowest BCUT2D eigenvalue weighted by molar-refractivity contribution is -0.313. The number of hydrogen-bond acceptors (Lipinski definition) is 2.